The van der Waals surface area contributed by atoms with E-state index >= 15 is 0 Å². The average Bonchev–Trinajstić information content (AvgIpc) is 2.90. The van der Waals surface area contributed by atoms with Gasteiger partial charge in [0.1, 0.15) is 23.8 Å². The predicted molar refractivity (Wildman–Crippen MR) is 77.9 cm³/mol. The summed E-state index contributed by atoms with van der Waals surface area (Å²) in [6.07, 6.45) is 0. The van der Waals surface area contributed by atoms with Crippen LogP contribution in [0.3, 0.4) is 0 Å². The van der Waals surface area contributed by atoms with Crippen LogP contribution in [0.5, 0.6) is 11.5 Å². The highest BCUT2D eigenvalue weighted by atomic mass is 16.6. The van der Waals surface area contributed by atoms with Crippen molar-refractivity contribution in [1.29, 1.82) is 0 Å². The maximum Gasteiger partial charge on any atom is 0.292 e. The number of nitrogens with zero attached hydrogens (tertiary/aromatic N) is 1. The Morgan fingerprint density at radius 3 is 2.90 bits per heavy atom. The molecule has 21 heavy (non-hydrogen) atoms. The van der Waals surface area contributed by atoms with E-state index in [1.807, 2.05) is 24.3 Å². The maximum atomic E-state index is 11.1. The summed E-state index contributed by atoms with van der Waals surface area (Å²) in [5.41, 5.74) is 1.43. The van der Waals surface area contributed by atoms with Crippen molar-refractivity contribution in [1.82, 2.24) is 0 Å². The fraction of sp³-hybridized carbons (Fsp3) is 0.200. The van der Waals surface area contributed by atoms with Crippen LogP contribution >= 0.6 is 0 Å². The fourth-order valence-electron chi connectivity index (χ4n) is 2.39. The number of nitro groups is 1. The minimum atomic E-state index is -0.413. The van der Waals surface area contributed by atoms with Gasteiger partial charge in [0.2, 0.25) is 0 Å². The highest BCUT2D eigenvalue weighted by Crippen LogP contribution is 2.37. The quantitative estimate of drug-likeness (QED) is 0.690. The summed E-state index contributed by atoms with van der Waals surface area (Å²) in [4.78, 5) is 10.7. The number of rotatable bonds is 4. The number of nitro benzene ring substituents is 1. The molecule has 0 saturated heterocycles. The van der Waals surface area contributed by atoms with E-state index in [2.05, 4.69) is 5.32 Å². The summed E-state index contributed by atoms with van der Waals surface area (Å²) in [5, 5.41) is 14.3. The molecule has 0 radical (unpaired) electrons. The monoisotopic (exact) mass is 286 g/mol. The molecule has 0 aromatic heterocycles. The van der Waals surface area contributed by atoms with Crippen molar-refractivity contribution in [3.63, 3.8) is 0 Å². The second kappa shape index (κ2) is 5.32. The minimum absolute atomic E-state index is 0.0141. The van der Waals surface area contributed by atoms with Crippen molar-refractivity contribution < 1.29 is 14.4 Å². The normalized spacial score (nSPS) is 16.0. The Labute approximate surface area is 121 Å². The van der Waals surface area contributed by atoms with Crippen LogP contribution in [0.15, 0.2) is 42.5 Å². The number of hydrogen-bond donors (Lipinski definition) is 1. The first-order chi connectivity index (χ1) is 10.2. The first-order valence-electron chi connectivity index (χ1n) is 6.49. The zero-order valence-electron chi connectivity index (χ0n) is 11.4. The molecular formula is C15H14N2O4. The second-order valence-electron chi connectivity index (χ2n) is 4.69. The molecular weight excluding hydrogens is 272 g/mol. The Morgan fingerprint density at radius 2 is 2.14 bits per heavy atom. The summed E-state index contributed by atoms with van der Waals surface area (Å²) < 4.78 is 10.7. The summed E-state index contributed by atoms with van der Waals surface area (Å²) in [5.74, 6) is 1.37. The first kappa shape index (κ1) is 13.2. The summed E-state index contributed by atoms with van der Waals surface area (Å²) in [6.45, 7) is 0.438. The molecule has 1 aliphatic rings. The van der Waals surface area contributed by atoms with E-state index < -0.39 is 4.92 Å². The molecule has 1 atom stereocenters. The molecule has 1 heterocycles. The van der Waals surface area contributed by atoms with Gasteiger partial charge in [0.25, 0.3) is 5.69 Å². The third-order valence-electron chi connectivity index (χ3n) is 3.43. The molecule has 108 valence electrons. The van der Waals surface area contributed by atoms with Crippen LogP contribution in [0, 0.1) is 10.1 Å². The zero-order valence-corrected chi connectivity index (χ0v) is 11.4. The van der Waals surface area contributed by atoms with Crippen LogP contribution < -0.4 is 14.8 Å². The zero-order chi connectivity index (χ0) is 14.8. The molecule has 2 aromatic carbocycles. The van der Waals surface area contributed by atoms with E-state index in [9.17, 15) is 10.1 Å². The number of para-hydroxylation sites is 1. The van der Waals surface area contributed by atoms with Crippen molar-refractivity contribution in [2.24, 2.45) is 0 Å². The average molecular weight is 286 g/mol. The van der Waals surface area contributed by atoms with Gasteiger partial charge >= 0.3 is 0 Å². The molecule has 2 aromatic rings. The van der Waals surface area contributed by atoms with Gasteiger partial charge in [0.05, 0.1) is 18.1 Å². The molecule has 0 fully saturated rings. The van der Waals surface area contributed by atoms with Crippen LogP contribution in [0.1, 0.15) is 11.6 Å². The first-order valence-corrected chi connectivity index (χ1v) is 6.49. The van der Waals surface area contributed by atoms with E-state index in [1.165, 1.54) is 13.2 Å². The number of hydrogen-bond acceptors (Lipinski definition) is 5. The lowest BCUT2D eigenvalue weighted by Gasteiger charge is -2.14. The van der Waals surface area contributed by atoms with Gasteiger partial charge in [0.15, 0.2) is 0 Å². The largest absolute Gasteiger partial charge is 0.497 e. The van der Waals surface area contributed by atoms with Gasteiger partial charge in [-0.05, 0) is 12.1 Å². The Hall–Kier alpha value is -2.76. The molecule has 3 rings (SSSR count). The smallest absolute Gasteiger partial charge is 0.292 e. The predicted octanol–water partition coefficient (Wildman–Crippen LogP) is 3.15. The summed E-state index contributed by atoms with van der Waals surface area (Å²) in [6, 6.07) is 12.2. The highest BCUT2D eigenvalue weighted by Gasteiger charge is 2.26. The topological polar surface area (TPSA) is 73.6 Å². The maximum absolute atomic E-state index is 11.1. The third-order valence-corrected chi connectivity index (χ3v) is 3.43. The molecule has 0 saturated carbocycles. The van der Waals surface area contributed by atoms with Crippen molar-refractivity contribution >= 4 is 11.4 Å². The number of anilines is 1. The van der Waals surface area contributed by atoms with Crippen LogP contribution in [0.25, 0.3) is 0 Å². The van der Waals surface area contributed by atoms with E-state index in [-0.39, 0.29) is 11.7 Å². The molecule has 1 unspecified atom stereocenters. The standard InChI is InChI=1S/C15H14N2O4/c1-20-10-6-7-14(17(18)19)12(8-10)16-13-9-21-15-5-3-2-4-11(13)15/h2-8,13,16H,9H2,1H3. The van der Waals surface area contributed by atoms with Crippen molar-refractivity contribution in [2.75, 3.05) is 19.0 Å². The van der Waals surface area contributed by atoms with Crippen LogP contribution in [-0.4, -0.2) is 18.6 Å². The van der Waals surface area contributed by atoms with Crippen LogP contribution in [0.4, 0.5) is 11.4 Å². The molecule has 0 amide bonds. The Balaban J connectivity index is 1.93. The Bertz CT molecular complexity index is 687. The van der Waals surface area contributed by atoms with E-state index in [1.54, 1.807) is 12.1 Å². The number of methoxy groups -OCH3 is 1. The van der Waals surface area contributed by atoms with E-state index in [0.717, 1.165) is 11.3 Å². The van der Waals surface area contributed by atoms with Gasteiger partial charge in [-0.2, -0.15) is 0 Å². The number of benzene rings is 2. The highest BCUT2D eigenvalue weighted by molar-refractivity contribution is 5.65. The van der Waals surface area contributed by atoms with Crippen molar-refractivity contribution in [3.05, 3.63) is 58.1 Å². The van der Waals surface area contributed by atoms with Gasteiger partial charge in [-0.15, -0.1) is 0 Å². The lowest BCUT2D eigenvalue weighted by Crippen LogP contribution is -2.13. The number of nitrogens with one attached hydrogen (secondary N) is 1. The Kier molecular flexibility index (Phi) is 3.35. The molecule has 6 nitrogen and oxygen atoms in total. The minimum Gasteiger partial charge on any atom is -0.497 e. The van der Waals surface area contributed by atoms with Gasteiger partial charge < -0.3 is 14.8 Å². The molecule has 0 bridgehead atoms. The fourth-order valence-corrected chi connectivity index (χ4v) is 2.39. The lowest BCUT2D eigenvalue weighted by atomic mass is 10.1. The number of ether oxygens (including phenoxy) is 2. The van der Waals surface area contributed by atoms with Crippen LogP contribution in [0.2, 0.25) is 0 Å². The second-order valence-corrected chi connectivity index (χ2v) is 4.69. The van der Waals surface area contributed by atoms with E-state index in [0.29, 0.717) is 18.0 Å². The number of fused-ring (bicyclic) bond motifs is 1. The lowest BCUT2D eigenvalue weighted by molar-refractivity contribution is -0.384. The Morgan fingerprint density at radius 1 is 1.33 bits per heavy atom. The molecule has 1 aliphatic heterocycles. The SMILES string of the molecule is COc1ccc([N+](=O)[O-])c(NC2COc3ccccc32)c1. The van der Waals surface area contributed by atoms with Crippen molar-refractivity contribution in [3.8, 4) is 11.5 Å². The third kappa shape index (κ3) is 2.47. The molecule has 1 N–H and O–H groups in total. The van der Waals surface area contributed by atoms with Crippen molar-refractivity contribution in [2.45, 2.75) is 6.04 Å². The molecule has 6 heteroatoms. The molecule has 0 aliphatic carbocycles. The summed E-state index contributed by atoms with van der Waals surface area (Å²) in [7, 11) is 1.53. The van der Waals surface area contributed by atoms with Crippen LogP contribution in [-0.2, 0) is 0 Å². The van der Waals surface area contributed by atoms with E-state index in [4.69, 9.17) is 9.47 Å². The molecule has 0 spiro atoms. The van der Waals surface area contributed by atoms with Gasteiger partial charge in [0, 0.05) is 17.7 Å². The van der Waals surface area contributed by atoms with Gasteiger partial charge in [-0.1, -0.05) is 18.2 Å². The van der Waals surface area contributed by atoms with Gasteiger partial charge in [-0.25, -0.2) is 0 Å². The van der Waals surface area contributed by atoms with Gasteiger partial charge in [-0.3, -0.25) is 10.1 Å². The summed E-state index contributed by atoms with van der Waals surface area (Å²) >= 11 is 0.